The first kappa shape index (κ1) is 18.9. The van der Waals surface area contributed by atoms with Gasteiger partial charge in [-0.25, -0.2) is 0 Å². The number of ether oxygens (including phenoxy) is 1. The molecule has 6 nitrogen and oxygen atoms in total. The monoisotopic (exact) mass is 262 g/mol. The minimum atomic E-state index is -0.924. The molecule has 2 atom stereocenters. The molecule has 106 valence electrons. The van der Waals surface area contributed by atoms with Gasteiger partial charge in [-0.15, -0.1) is 0 Å². The predicted molar refractivity (Wildman–Crippen MR) is 65.0 cm³/mol. The van der Waals surface area contributed by atoms with Gasteiger partial charge in [-0.05, 0) is 27.2 Å². The Kier molecular flexibility index (Phi) is 11.3. The summed E-state index contributed by atoms with van der Waals surface area (Å²) in [4.78, 5) is 30.9. The van der Waals surface area contributed by atoms with Gasteiger partial charge in [-0.2, -0.15) is 0 Å². The standard InChI is InChI=1S/C6H10O3.C6H12O3/c1-3-9-6(8)4-5(2)7;1-3-5(4(2)7)6(8)9/h3-4H2,1-2H3;4-5,7H,3H2,1-2H3,(H,8,9). The predicted octanol–water partition coefficient (Wildman–Crippen LogP) is 1.01. The molecule has 2 N–H and O–H groups in total. The van der Waals surface area contributed by atoms with Crippen molar-refractivity contribution in [1.29, 1.82) is 0 Å². The summed E-state index contributed by atoms with van der Waals surface area (Å²) in [6, 6.07) is 0. The molecule has 0 amide bonds. The fourth-order valence-electron chi connectivity index (χ4n) is 1.14. The molecule has 18 heavy (non-hydrogen) atoms. The number of aliphatic hydroxyl groups excluding tert-OH is 1. The van der Waals surface area contributed by atoms with Gasteiger partial charge in [0.1, 0.15) is 12.2 Å². The van der Waals surface area contributed by atoms with Crippen LogP contribution < -0.4 is 0 Å². The van der Waals surface area contributed by atoms with Crippen LogP contribution in [0.25, 0.3) is 0 Å². The molecule has 0 aliphatic heterocycles. The third kappa shape index (κ3) is 11.1. The largest absolute Gasteiger partial charge is 0.481 e. The van der Waals surface area contributed by atoms with Crippen molar-refractivity contribution in [3.63, 3.8) is 0 Å². The lowest BCUT2D eigenvalue weighted by atomic mass is 10.0. The third-order valence-corrected chi connectivity index (χ3v) is 2.04. The number of carbonyl (C=O) groups is 3. The Hall–Kier alpha value is -1.43. The topological polar surface area (TPSA) is 101 Å². The first-order chi connectivity index (χ1) is 8.26. The van der Waals surface area contributed by atoms with Gasteiger partial charge < -0.3 is 14.9 Å². The summed E-state index contributed by atoms with van der Waals surface area (Å²) in [7, 11) is 0. The molecule has 0 spiro atoms. The molecule has 0 heterocycles. The number of hydrogen-bond donors (Lipinski definition) is 2. The van der Waals surface area contributed by atoms with Crippen LogP contribution in [0.2, 0.25) is 0 Å². The summed E-state index contributed by atoms with van der Waals surface area (Å²) in [6.07, 6.45) is -0.367. The van der Waals surface area contributed by atoms with Crippen molar-refractivity contribution in [2.24, 2.45) is 5.92 Å². The number of carboxylic acid groups (broad SMARTS) is 1. The van der Waals surface area contributed by atoms with E-state index in [-0.39, 0.29) is 12.2 Å². The molecule has 0 fully saturated rings. The average Bonchev–Trinajstić information content (AvgIpc) is 2.16. The highest BCUT2D eigenvalue weighted by atomic mass is 16.5. The Morgan fingerprint density at radius 2 is 1.72 bits per heavy atom. The maximum absolute atomic E-state index is 10.4. The van der Waals surface area contributed by atoms with Gasteiger partial charge in [0.25, 0.3) is 0 Å². The summed E-state index contributed by atoms with van der Waals surface area (Å²) < 4.78 is 4.49. The Morgan fingerprint density at radius 1 is 1.22 bits per heavy atom. The molecule has 6 heteroatoms. The molecule has 0 saturated carbocycles. The van der Waals surface area contributed by atoms with Crippen LogP contribution in [0.4, 0.5) is 0 Å². The average molecular weight is 262 g/mol. The molecule has 0 aliphatic rings. The van der Waals surface area contributed by atoms with Crippen molar-refractivity contribution >= 4 is 17.7 Å². The Bertz CT molecular complexity index is 272. The lowest BCUT2D eigenvalue weighted by Crippen LogP contribution is -2.24. The SMILES string of the molecule is CCC(C(=O)O)C(C)O.CCOC(=O)CC(C)=O. The first-order valence-electron chi connectivity index (χ1n) is 5.82. The fraction of sp³-hybridized carbons (Fsp3) is 0.750. The molecule has 0 saturated heterocycles. The molecule has 0 rings (SSSR count). The summed E-state index contributed by atoms with van der Waals surface area (Å²) in [5, 5.41) is 17.2. The van der Waals surface area contributed by atoms with Gasteiger partial charge in [0, 0.05) is 0 Å². The summed E-state index contributed by atoms with van der Waals surface area (Å²) in [5.41, 5.74) is 0. The van der Waals surface area contributed by atoms with Gasteiger partial charge in [-0.1, -0.05) is 6.92 Å². The quantitative estimate of drug-likeness (QED) is 0.547. The number of carbonyl (C=O) groups excluding carboxylic acids is 2. The Balaban J connectivity index is 0. The van der Waals surface area contributed by atoms with Crippen LogP contribution in [0.1, 0.15) is 40.5 Å². The van der Waals surface area contributed by atoms with Crippen LogP contribution in [0, 0.1) is 5.92 Å². The zero-order valence-electron chi connectivity index (χ0n) is 11.3. The third-order valence-electron chi connectivity index (χ3n) is 2.04. The second-order valence-electron chi connectivity index (χ2n) is 3.78. The van der Waals surface area contributed by atoms with Crippen LogP contribution >= 0.6 is 0 Å². The maximum atomic E-state index is 10.4. The number of ketones is 1. The van der Waals surface area contributed by atoms with Gasteiger partial charge in [0.15, 0.2) is 0 Å². The molecule has 0 aromatic carbocycles. The molecule has 0 aromatic rings. The number of Topliss-reactive ketones (excluding diaryl/α,β-unsaturated/α-hetero) is 1. The van der Waals surface area contributed by atoms with E-state index in [4.69, 9.17) is 10.2 Å². The normalized spacial score (nSPS) is 12.7. The number of aliphatic hydroxyl groups is 1. The van der Waals surface area contributed by atoms with Gasteiger partial charge in [0.05, 0.1) is 18.6 Å². The smallest absolute Gasteiger partial charge is 0.313 e. The molecule has 0 bridgehead atoms. The van der Waals surface area contributed by atoms with Crippen molar-refractivity contribution in [2.75, 3.05) is 6.61 Å². The van der Waals surface area contributed by atoms with Gasteiger partial charge >= 0.3 is 11.9 Å². The minimum Gasteiger partial charge on any atom is -0.481 e. The molecule has 2 unspecified atom stereocenters. The van der Waals surface area contributed by atoms with Crippen LogP contribution in [0.3, 0.4) is 0 Å². The van der Waals surface area contributed by atoms with Crippen molar-refractivity contribution in [2.45, 2.75) is 46.6 Å². The van der Waals surface area contributed by atoms with Gasteiger partial charge in [0.2, 0.25) is 0 Å². The summed E-state index contributed by atoms with van der Waals surface area (Å²) >= 11 is 0. The van der Waals surface area contributed by atoms with E-state index < -0.39 is 24.0 Å². The Morgan fingerprint density at radius 3 is 1.89 bits per heavy atom. The number of rotatable bonds is 6. The van der Waals surface area contributed by atoms with E-state index in [1.54, 1.807) is 13.8 Å². The second kappa shape index (κ2) is 10.7. The highest BCUT2D eigenvalue weighted by Crippen LogP contribution is 2.07. The van der Waals surface area contributed by atoms with E-state index in [0.29, 0.717) is 13.0 Å². The van der Waals surface area contributed by atoms with Gasteiger partial charge in [-0.3, -0.25) is 14.4 Å². The van der Waals surface area contributed by atoms with Crippen LogP contribution in [-0.4, -0.2) is 40.6 Å². The lowest BCUT2D eigenvalue weighted by Gasteiger charge is -2.11. The zero-order chi connectivity index (χ0) is 14.7. The van der Waals surface area contributed by atoms with E-state index in [1.807, 2.05) is 0 Å². The van der Waals surface area contributed by atoms with Crippen LogP contribution in [-0.2, 0) is 19.1 Å². The van der Waals surface area contributed by atoms with E-state index in [9.17, 15) is 14.4 Å². The highest BCUT2D eigenvalue weighted by molar-refractivity contribution is 5.94. The summed E-state index contributed by atoms with van der Waals surface area (Å²) in [5.74, 6) is -2.13. The van der Waals surface area contributed by atoms with Crippen LogP contribution in [0.15, 0.2) is 0 Å². The first-order valence-corrected chi connectivity index (χ1v) is 5.82. The van der Waals surface area contributed by atoms with E-state index in [0.717, 1.165) is 0 Å². The lowest BCUT2D eigenvalue weighted by molar-refractivity contribution is -0.146. The maximum Gasteiger partial charge on any atom is 0.313 e. The van der Waals surface area contributed by atoms with Crippen molar-refractivity contribution in [3.05, 3.63) is 0 Å². The molecule has 0 aromatic heterocycles. The molecule has 0 radical (unpaired) electrons. The van der Waals surface area contributed by atoms with E-state index >= 15 is 0 Å². The fourth-order valence-corrected chi connectivity index (χ4v) is 1.14. The number of aliphatic carboxylic acids is 1. The van der Waals surface area contributed by atoms with Crippen molar-refractivity contribution < 1.29 is 29.3 Å². The Labute approximate surface area is 107 Å². The highest BCUT2D eigenvalue weighted by Gasteiger charge is 2.19. The van der Waals surface area contributed by atoms with E-state index in [2.05, 4.69) is 4.74 Å². The second-order valence-corrected chi connectivity index (χ2v) is 3.78. The number of hydrogen-bond acceptors (Lipinski definition) is 5. The number of carboxylic acids is 1. The number of esters is 1. The summed E-state index contributed by atoms with van der Waals surface area (Å²) in [6.45, 7) is 6.63. The molecular formula is C12H22O6. The van der Waals surface area contributed by atoms with Crippen molar-refractivity contribution in [1.82, 2.24) is 0 Å². The van der Waals surface area contributed by atoms with Crippen LogP contribution in [0.5, 0.6) is 0 Å². The molecular weight excluding hydrogens is 240 g/mol. The zero-order valence-corrected chi connectivity index (χ0v) is 11.3. The minimum absolute atomic E-state index is 0.103. The molecule has 0 aliphatic carbocycles. The van der Waals surface area contributed by atoms with E-state index in [1.165, 1.54) is 13.8 Å². The van der Waals surface area contributed by atoms with Crippen molar-refractivity contribution in [3.8, 4) is 0 Å².